The summed E-state index contributed by atoms with van der Waals surface area (Å²) in [5, 5.41) is 9.34. The fourth-order valence-corrected chi connectivity index (χ4v) is 5.60. The number of nitrogens with zero attached hydrogens (tertiary/aromatic N) is 3. The van der Waals surface area contributed by atoms with Crippen LogP contribution >= 0.6 is 0 Å². The van der Waals surface area contributed by atoms with Gasteiger partial charge in [0.1, 0.15) is 0 Å². The van der Waals surface area contributed by atoms with Gasteiger partial charge in [0, 0.05) is 30.4 Å². The molecule has 156 valence electrons. The van der Waals surface area contributed by atoms with Crippen molar-refractivity contribution < 1.29 is 0 Å². The summed E-state index contributed by atoms with van der Waals surface area (Å²) in [5.74, 6) is 0.783. The van der Waals surface area contributed by atoms with Gasteiger partial charge in [-0.3, -0.25) is 0 Å². The lowest BCUT2D eigenvalue weighted by Crippen LogP contribution is -2.54. The predicted octanol–water partition coefficient (Wildman–Crippen LogP) is 3.89. The molecule has 2 N–H and O–H groups in total. The molecule has 1 unspecified atom stereocenters. The Morgan fingerprint density at radius 3 is 2.59 bits per heavy atom. The first kappa shape index (κ1) is 22.2. The van der Waals surface area contributed by atoms with E-state index in [9.17, 15) is 5.26 Å². The smallest absolute Gasteiger partial charge is 0.0995 e. The molecule has 0 bridgehead atoms. The van der Waals surface area contributed by atoms with E-state index in [1.807, 2.05) is 12.1 Å². The van der Waals surface area contributed by atoms with Gasteiger partial charge in [0.05, 0.1) is 19.5 Å². The fourth-order valence-electron chi connectivity index (χ4n) is 5.60. The normalized spacial score (nSPS) is 30.1. The minimum atomic E-state index is -0.253. The van der Waals surface area contributed by atoms with Crippen LogP contribution in [0.2, 0.25) is 5.31 Å². The van der Waals surface area contributed by atoms with E-state index in [1.54, 1.807) is 0 Å². The van der Waals surface area contributed by atoms with E-state index in [2.05, 4.69) is 49.6 Å². The van der Waals surface area contributed by atoms with Gasteiger partial charge in [0.15, 0.2) is 0 Å². The van der Waals surface area contributed by atoms with Gasteiger partial charge in [0.25, 0.3) is 0 Å². The van der Waals surface area contributed by atoms with E-state index in [-0.39, 0.29) is 10.9 Å². The van der Waals surface area contributed by atoms with Gasteiger partial charge in [0.2, 0.25) is 0 Å². The minimum Gasteiger partial charge on any atom is -0.365 e. The second-order valence-corrected chi connectivity index (χ2v) is 10.2. The van der Waals surface area contributed by atoms with Crippen molar-refractivity contribution in [1.82, 2.24) is 4.90 Å². The summed E-state index contributed by atoms with van der Waals surface area (Å²) in [6.07, 6.45) is 5.33. The molecule has 2 radical (unpaired) electrons. The Morgan fingerprint density at radius 2 is 1.97 bits per heavy atom. The Morgan fingerprint density at radius 1 is 1.24 bits per heavy atom. The average molecular weight is 392 g/mol. The van der Waals surface area contributed by atoms with Crippen molar-refractivity contribution in [3.05, 3.63) is 29.3 Å². The molecule has 3 rings (SSSR count). The van der Waals surface area contributed by atoms with Crippen LogP contribution in [0.4, 0.5) is 5.69 Å². The summed E-state index contributed by atoms with van der Waals surface area (Å²) >= 11 is 0. The zero-order chi connectivity index (χ0) is 21.2. The largest absolute Gasteiger partial charge is 0.365 e. The first-order valence-corrected chi connectivity index (χ1v) is 11.2. The molecule has 2 aliphatic rings. The van der Waals surface area contributed by atoms with Crippen molar-refractivity contribution in [2.75, 3.05) is 31.1 Å². The van der Waals surface area contributed by atoms with E-state index in [4.69, 9.17) is 13.6 Å². The van der Waals surface area contributed by atoms with Crippen LogP contribution in [0.1, 0.15) is 64.5 Å². The number of nitrogens with two attached hydrogens (primary N) is 1. The molecule has 4 nitrogen and oxygen atoms in total. The Hall–Kier alpha value is -1.51. The Labute approximate surface area is 178 Å². The van der Waals surface area contributed by atoms with Crippen molar-refractivity contribution in [3.8, 4) is 6.07 Å². The number of nitriles is 1. The summed E-state index contributed by atoms with van der Waals surface area (Å²) in [4.78, 5) is 5.05. The summed E-state index contributed by atoms with van der Waals surface area (Å²) in [6.45, 7) is 12.9. The third-order valence-electron chi connectivity index (χ3n) is 6.83. The van der Waals surface area contributed by atoms with Crippen LogP contribution in [0.25, 0.3) is 0 Å². The van der Waals surface area contributed by atoms with Gasteiger partial charge in [-0.1, -0.05) is 25.2 Å². The SMILES string of the molecule is [B]C1(C)CN(CCC2CC(N)C2)CCN(c2cccc(C#N)c2CC)C(C)(C)C1. The Balaban J connectivity index is 1.83. The highest BCUT2D eigenvalue weighted by Crippen LogP contribution is 2.41. The lowest BCUT2D eigenvalue weighted by Gasteiger charge is -2.50. The van der Waals surface area contributed by atoms with E-state index in [0.717, 1.165) is 56.1 Å². The monoisotopic (exact) mass is 392 g/mol. The van der Waals surface area contributed by atoms with Crippen LogP contribution in [-0.4, -0.2) is 50.5 Å². The van der Waals surface area contributed by atoms with Crippen LogP contribution in [0.5, 0.6) is 0 Å². The highest BCUT2D eigenvalue weighted by molar-refractivity contribution is 6.15. The number of hydrogen-bond acceptors (Lipinski definition) is 4. The van der Waals surface area contributed by atoms with Crippen molar-refractivity contribution in [2.24, 2.45) is 11.7 Å². The summed E-state index contributed by atoms with van der Waals surface area (Å²) in [7, 11) is 6.81. The predicted molar refractivity (Wildman–Crippen MR) is 122 cm³/mol. The number of rotatable bonds is 5. The molecule has 2 fully saturated rings. The Kier molecular flexibility index (Phi) is 6.65. The molecule has 1 aliphatic heterocycles. The molecule has 1 saturated carbocycles. The zero-order valence-electron chi connectivity index (χ0n) is 18.7. The van der Waals surface area contributed by atoms with E-state index < -0.39 is 0 Å². The molecule has 5 heteroatoms. The van der Waals surface area contributed by atoms with Crippen LogP contribution in [-0.2, 0) is 6.42 Å². The highest BCUT2D eigenvalue weighted by atomic mass is 15.2. The van der Waals surface area contributed by atoms with E-state index in [0.29, 0.717) is 6.04 Å². The molecular weight excluding hydrogens is 355 g/mol. The molecule has 1 heterocycles. The van der Waals surface area contributed by atoms with Crippen molar-refractivity contribution >= 4 is 13.5 Å². The molecule has 0 amide bonds. The summed E-state index contributed by atoms with van der Waals surface area (Å²) < 4.78 is 0. The molecule has 0 aromatic heterocycles. The highest BCUT2D eigenvalue weighted by Gasteiger charge is 2.38. The molecule has 1 atom stereocenters. The molecule has 0 spiro atoms. The fraction of sp³-hybridized carbons (Fsp3) is 0.708. The molecule has 29 heavy (non-hydrogen) atoms. The first-order valence-electron chi connectivity index (χ1n) is 11.2. The summed E-state index contributed by atoms with van der Waals surface area (Å²) in [5.41, 5.74) is 9.02. The maximum atomic E-state index is 9.59. The average Bonchev–Trinajstić information content (AvgIpc) is 2.61. The molecule has 1 aliphatic carbocycles. The van der Waals surface area contributed by atoms with Gasteiger partial charge in [-0.05, 0) is 82.7 Å². The van der Waals surface area contributed by atoms with Crippen molar-refractivity contribution in [2.45, 2.75) is 76.7 Å². The van der Waals surface area contributed by atoms with Gasteiger partial charge < -0.3 is 15.5 Å². The van der Waals surface area contributed by atoms with Gasteiger partial charge >= 0.3 is 0 Å². The second kappa shape index (κ2) is 8.70. The maximum absolute atomic E-state index is 9.59. The van der Waals surface area contributed by atoms with Crippen molar-refractivity contribution in [1.29, 1.82) is 5.26 Å². The van der Waals surface area contributed by atoms with Gasteiger partial charge in [-0.15, -0.1) is 0 Å². The zero-order valence-corrected chi connectivity index (χ0v) is 18.7. The van der Waals surface area contributed by atoms with Crippen LogP contribution in [0, 0.1) is 17.2 Å². The Bertz CT molecular complexity index is 746. The maximum Gasteiger partial charge on any atom is 0.0995 e. The lowest BCUT2D eigenvalue weighted by molar-refractivity contribution is 0.165. The van der Waals surface area contributed by atoms with E-state index in [1.165, 1.54) is 24.9 Å². The third-order valence-corrected chi connectivity index (χ3v) is 6.83. The quantitative estimate of drug-likeness (QED) is 0.773. The topological polar surface area (TPSA) is 56.3 Å². The van der Waals surface area contributed by atoms with Crippen LogP contribution in [0.15, 0.2) is 18.2 Å². The number of hydrogen-bond donors (Lipinski definition) is 1. The third kappa shape index (κ3) is 5.16. The molecule has 1 aromatic rings. The van der Waals surface area contributed by atoms with Crippen LogP contribution in [0.3, 0.4) is 0 Å². The van der Waals surface area contributed by atoms with Crippen LogP contribution < -0.4 is 10.6 Å². The van der Waals surface area contributed by atoms with E-state index >= 15 is 0 Å². The standard InChI is InChI=1S/C24H37BN4/c1-5-21-19(15-26)7-6-8-22(21)29-12-11-28(10-9-18-13-20(27)14-18)17-24(4,25)16-23(29,2)3/h6-8,18,20H,5,9-14,16-17,27H2,1-4H3. The lowest BCUT2D eigenvalue weighted by atomic mass is 9.63. The van der Waals surface area contributed by atoms with Gasteiger partial charge in [-0.2, -0.15) is 5.26 Å². The first-order chi connectivity index (χ1) is 13.6. The number of benzene rings is 1. The molecule has 1 saturated heterocycles. The molecular formula is C24H37BN4. The second-order valence-electron chi connectivity index (χ2n) is 10.2. The summed E-state index contributed by atoms with van der Waals surface area (Å²) in [6, 6.07) is 8.93. The minimum absolute atomic E-state index is 0.0751. The van der Waals surface area contributed by atoms with Gasteiger partial charge in [-0.25, -0.2) is 0 Å². The molecule has 1 aromatic carbocycles. The van der Waals surface area contributed by atoms with Crippen molar-refractivity contribution in [3.63, 3.8) is 0 Å². The number of anilines is 1.